The van der Waals surface area contributed by atoms with Crippen molar-refractivity contribution in [1.82, 2.24) is 5.32 Å². The maximum absolute atomic E-state index is 8.95. The third kappa shape index (κ3) is 3.62. The maximum atomic E-state index is 8.95. The Hall–Kier alpha value is -0.630. The molecular weight excluding hydrogens is 180 g/mol. The van der Waals surface area contributed by atoms with Crippen LogP contribution in [0.2, 0.25) is 0 Å². The minimum Gasteiger partial charge on any atom is -0.396 e. The molecule has 2 N–H and O–H groups in total. The molecule has 2 unspecified atom stereocenters. The highest BCUT2D eigenvalue weighted by Gasteiger charge is 2.23. The molecule has 2 atom stereocenters. The summed E-state index contributed by atoms with van der Waals surface area (Å²) < 4.78 is 5.33. The largest absolute Gasteiger partial charge is 0.396 e. The fourth-order valence-corrected chi connectivity index (χ4v) is 1.68. The molecule has 1 heterocycles. The van der Waals surface area contributed by atoms with E-state index in [1.54, 1.807) is 0 Å². The van der Waals surface area contributed by atoms with E-state index in [0.717, 1.165) is 19.4 Å². The lowest BCUT2D eigenvalue weighted by Crippen LogP contribution is -2.39. The lowest BCUT2D eigenvalue weighted by Gasteiger charge is -2.26. The molecule has 0 amide bonds. The van der Waals surface area contributed by atoms with Crippen molar-refractivity contribution in [1.29, 1.82) is 5.26 Å². The Morgan fingerprint density at radius 1 is 1.64 bits per heavy atom. The number of ether oxygens (including phenoxy) is 1. The molecule has 0 aromatic carbocycles. The smallest absolute Gasteiger partial charge is 0.100 e. The second-order valence-electron chi connectivity index (χ2n) is 3.62. The van der Waals surface area contributed by atoms with Gasteiger partial charge in [0.05, 0.1) is 12.7 Å². The maximum Gasteiger partial charge on any atom is 0.100 e. The van der Waals surface area contributed by atoms with E-state index in [9.17, 15) is 0 Å². The lowest BCUT2D eigenvalue weighted by molar-refractivity contribution is 0.0466. The number of hydrogen-bond donors (Lipinski definition) is 2. The number of nitrogens with one attached hydrogen (secondary N) is 1. The summed E-state index contributed by atoms with van der Waals surface area (Å²) in [7, 11) is 0. The molecule has 14 heavy (non-hydrogen) atoms. The van der Waals surface area contributed by atoms with Crippen molar-refractivity contribution in [3.05, 3.63) is 0 Å². The Labute approximate surface area is 84.9 Å². The third-order valence-corrected chi connectivity index (χ3v) is 2.51. The molecule has 0 aliphatic carbocycles. The minimum absolute atomic E-state index is 0.123. The van der Waals surface area contributed by atoms with Gasteiger partial charge in [0.15, 0.2) is 0 Å². The summed E-state index contributed by atoms with van der Waals surface area (Å²) in [6.07, 6.45) is 2.81. The standard InChI is InChI=1S/C10H18N2O2/c11-7-10(12-4-2-5-13)9-3-1-6-14-8-9/h9-10,12-13H,1-6,8H2. The zero-order valence-corrected chi connectivity index (χ0v) is 8.41. The number of nitriles is 1. The SMILES string of the molecule is N#CC(NCCCO)C1CCCOC1. The molecule has 4 heteroatoms. The van der Waals surface area contributed by atoms with Crippen LogP contribution in [0.1, 0.15) is 19.3 Å². The van der Waals surface area contributed by atoms with E-state index >= 15 is 0 Å². The number of aliphatic hydroxyl groups is 1. The first-order valence-electron chi connectivity index (χ1n) is 5.20. The monoisotopic (exact) mass is 198 g/mol. The van der Waals surface area contributed by atoms with E-state index < -0.39 is 0 Å². The quantitative estimate of drug-likeness (QED) is 0.623. The van der Waals surface area contributed by atoms with Crippen LogP contribution in [-0.4, -0.2) is 37.5 Å². The summed E-state index contributed by atoms with van der Waals surface area (Å²) in [6.45, 7) is 2.38. The fourth-order valence-electron chi connectivity index (χ4n) is 1.68. The van der Waals surface area contributed by atoms with Crippen LogP contribution >= 0.6 is 0 Å². The van der Waals surface area contributed by atoms with Gasteiger partial charge in [0.2, 0.25) is 0 Å². The summed E-state index contributed by atoms with van der Waals surface area (Å²) in [4.78, 5) is 0. The summed E-state index contributed by atoms with van der Waals surface area (Å²) in [5.41, 5.74) is 0. The Balaban J connectivity index is 2.25. The van der Waals surface area contributed by atoms with Crippen LogP contribution in [0.15, 0.2) is 0 Å². The van der Waals surface area contributed by atoms with Crippen LogP contribution in [0.3, 0.4) is 0 Å². The molecular formula is C10H18N2O2. The number of rotatable bonds is 5. The molecule has 0 aromatic heterocycles. The van der Waals surface area contributed by atoms with Gasteiger partial charge in [0, 0.05) is 19.1 Å². The van der Waals surface area contributed by atoms with Crippen molar-refractivity contribution >= 4 is 0 Å². The second kappa shape index (κ2) is 6.77. The molecule has 0 spiro atoms. The number of hydrogen-bond acceptors (Lipinski definition) is 4. The Kier molecular flexibility index (Phi) is 5.53. The van der Waals surface area contributed by atoms with Gasteiger partial charge in [-0.05, 0) is 25.8 Å². The van der Waals surface area contributed by atoms with Crippen LogP contribution in [0.4, 0.5) is 0 Å². The first-order chi connectivity index (χ1) is 6.88. The average molecular weight is 198 g/mol. The van der Waals surface area contributed by atoms with Gasteiger partial charge >= 0.3 is 0 Å². The Bertz CT molecular complexity index is 185. The van der Waals surface area contributed by atoms with Crippen molar-refractivity contribution < 1.29 is 9.84 Å². The topological polar surface area (TPSA) is 65.3 Å². The highest BCUT2D eigenvalue weighted by atomic mass is 16.5. The summed E-state index contributed by atoms with van der Waals surface area (Å²) in [5, 5.41) is 20.7. The Morgan fingerprint density at radius 2 is 2.50 bits per heavy atom. The summed E-state index contributed by atoms with van der Waals surface area (Å²) in [5.74, 6) is 0.312. The predicted octanol–water partition coefficient (Wildman–Crippen LogP) is 0.277. The first-order valence-corrected chi connectivity index (χ1v) is 5.20. The van der Waals surface area contributed by atoms with Gasteiger partial charge in [-0.2, -0.15) is 5.26 Å². The predicted molar refractivity (Wildman–Crippen MR) is 52.6 cm³/mol. The van der Waals surface area contributed by atoms with Gasteiger partial charge < -0.3 is 15.2 Å². The van der Waals surface area contributed by atoms with Gasteiger partial charge in [-0.15, -0.1) is 0 Å². The average Bonchev–Trinajstić information content (AvgIpc) is 2.26. The van der Waals surface area contributed by atoms with Gasteiger partial charge in [-0.1, -0.05) is 0 Å². The van der Waals surface area contributed by atoms with Gasteiger partial charge in [0.1, 0.15) is 6.04 Å². The van der Waals surface area contributed by atoms with Gasteiger partial charge in [0.25, 0.3) is 0 Å². The molecule has 1 saturated heterocycles. The van der Waals surface area contributed by atoms with Crippen LogP contribution < -0.4 is 5.32 Å². The number of aliphatic hydroxyl groups excluding tert-OH is 1. The zero-order chi connectivity index (χ0) is 10.2. The third-order valence-electron chi connectivity index (χ3n) is 2.51. The Morgan fingerprint density at radius 3 is 3.07 bits per heavy atom. The van der Waals surface area contributed by atoms with Crippen molar-refractivity contribution in [3.63, 3.8) is 0 Å². The minimum atomic E-state index is -0.123. The van der Waals surface area contributed by atoms with Crippen molar-refractivity contribution in [2.24, 2.45) is 5.92 Å². The summed E-state index contributed by atoms with van der Waals surface area (Å²) in [6, 6.07) is 2.13. The highest BCUT2D eigenvalue weighted by Crippen LogP contribution is 2.16. The number of nitrogens with zero attached hydrogens (tertiary/aromatic N) is 1. The van der Waals surface area contributed by atoms with Crippen molar-refractivity contribution in [2.45, 2.75) is 25.3 Å². The fraction of sp³-hybridized carbons (Fsp3) is 0.900. The van der Waals surface area contributed by atoms with E-state index in [4.69, 9.17) is 15.1 Å². The molecule has 1 aliphatic heterocycles. The molecule has 1 fully saturated rings. The molecule has 80 valence electrons. The summed E-state index contributed by atoms with van der Waals surface area (Å²) >= 11 is 0. The first kappa shape index (κ1) is 11.4. The van der Waals surface area contributed by atoms with Gasteiger partial charge in [-0.3, -0.25) is 0 Å². The molecule has 0 bridgehead atoms. The molecule has 0 aromatic rings. The van der Waals surface area contributed by atoms with E-state index in [2.05, 4.69) is 11.4 Å². The highest BCUT2D eigenvalue weighted by molar-refractivity contribution is 4.95. The van der Waals surface area contributed by atoms with E-state index in [-0.39, 0.29) is 12.6 Å². The normalized spacial score (nSPS) is 24.1. The van der Waals surface area contributed by atoms with Crippen LogP contribution in [-0.2, 0) is 4.74 Å². The van der Waals surface area contributed by atoms with Crippen molar-refractivity contribution in [3.8, 4) is 6.07 Å². The van der Waals surface area contributed by atoms with Crippen LogP contribution in [0, 0.1) is 17.2 Å². The molecule has 1 rings (SSSR count). The van der Waals surface area contributed by atoms with Crippen LogP contribution in [0.5, 0.6) is 0 Å². The second-order valence-corrected chi connectivity index (χ2v) is 3.62. The van der Waals surface area contributed by atoms with Crippen molar-refractivity contribution in [2.75, 3.05) is 26.4 Å². The molecule has 1 aliphatic rings. The molecule has 4 nitrogen and oxygen atoms in total. The van der Waals surface area contributed by atoms with Gasteiger partial charge in [-0.25, -0.2) is 0 Å². The van der Waals surface area contributed by atoms with E-state index in [1.807, 2.05) is 0 Å². The molecule has 0 saturated carbocycles. The lowest BCUT2D eigenvalue weighted by atomic mass is 9.94. The molecule has 0 radical (unpaired) electrons. The van der Waals surface area contributed by atoms with E-state index in [0.29, 0.717) is 25.5 Å². The van der Waals surface area contributed by atoms with Crippen LogP contribution in [0.25, 0.3) is 0 Å². The zero-order valence-electron chi connectivity index (χ0n) is 8.41. The van der Waals surface area contributed by atoms with E-state index in [1.165, 1.54) is 0 Å².